The maximum atomic E-state index is 12.3. The molecule has 1 atom stereocenters. The minimum Gasteiger partial charge on any atom is -0.341 e. The van der Waals surface area contributed by atoms with Crippen LogP contribution in [0.1, 0.15) is 37.8 Å². The van der Waals surface area contributed by atoms with Crippen molar-refractivity contribution in [3.8, 4) is 6.07 Å². The van der Waals surface area contributed by atoms with Crippen molar-refractivity contribution in [3.05, 3.63) is 35.4 Å². The lowest BCUT2D eigenvalue weighted by molar-refractivity contribution is -0.134. The summed E-state index contributed by atoms with van der Waals surface area (Å²) in [5.74, 6) is 0.424. The van der Waals surface area contributed by atoms with Crippen LogP contribution < -0.4 is 0 Å². The summed E-state index contributed by atoms with van der Waals surface area (Å²) in [6.07, 6.45) is 1.93. The molecule has 0 aliphatic carbocycles. The Balaban J connectivity index is 1.90. The van der Waals surface area contributed by atoms with E-state index >= 15 is 0 Å². The zero-order valence-corrected chi connectivity index (χ0v) is 13.6. The summed E-state index contributed by atoms with van der Waals surface area (Å²) in [4.78, 5) is 16.7. The first-order valence-electron chi connectivity index (χ1n) is 8.14. The summed E-state index contributed by atoms with van der Waals surface area (Å²) in [5.41, 5.74) is 1.92. The van der Waals surface area contributed by atoms with Gasteiger partial charge in [-0.2, -0.15) is 5.26 Å². The Hall–Kier alpha value is -1.86. The first-order valence-corrected chi connectivity index (χ1v) is 8.14. The number of hydrogen-bond acceptors (Lipinski definition) is 3. The van der Waals surface area contributed by atoms with Crippen molar-refractivity contribution in [2.24, 2.45) is 5.92 Å². The summed E-state index contributed by atoms with van der Waals surface area (Å²) >= 11 is 0. The molecule has 2 rings (SSSR count). The fourth-order valence-corrected chi connectivity index (χ4v) is 2.78. The van der Waals surface area contributed by atoms with Crippen LogP contribution in [0.25, 0.3) is 0 Å². The van der Waals surface area contributed by atoms with Crippen LogP contribution in [-0.2, 0) is 11.3 Å². The number of rotatable bonds is 4. The third-order valence-electron chi connectivity index (χ3n) is 4.42. The van der Waals surface area contributed by atoms with Crippen LogP contribution in [-0.4, -0.2) is 41.9 Å². The lowest BCUT2D eigenvalue weighted by atomic mass is 10.1. The molecule has 1 heterocycles. The van der Waals surface area contributed by atoms with Gasteiger partial charge in [0.1, 0.15) is 0 Å². The van der Waals surface area contributed by atoms with Crippen molar-refractivity contribution in [2.75, 3.05) is 26.2 Å². The van der Waals surface area contributed by atoms with Crippen molar-refractivity contribution in [1.82, 2.24) is 9.80 Å². The van der Waals surface area contributed by atoms with Crippen LogP contribution in [0.15, 0.2) is 24.3 Å². The zero-order valence-electron chi connectivity index (χ0n) is 13.6. The van der Waals surface area contributed by atoms with Gasteiger partial charge in [-0.15, -0.1) is 0 Å². The third-order valence-corrected chi connectivity index (χ3v) is 4.42. The molecule has 0 spiro atoms. The molecule has 4 nitrogen and oxygen atoms in total. The Morgan fingerprint density at radius 1 is 1.23 bits per heavy atom. The number of hydrogen-bond donors (Lipinski definition) is 0. The van der Waals surface area contributed by atoms with E-state index < -0.39 is 0 Å². The fourth-order valence-electron chi connectivity index (χ4n) is 2.78. The van der Waals surface area contributed by atoms with Crippen molar-refractivity contribution in [1.29, 1.82) is 5.26 Å². The number of carbonyl (C=O) groups is 1. The Morgan fingerprint density at radius 3 is 2.59 bits per heavy atom. The Kier molecular flexibility index (Phi) is 5.97. The van der Waals surface area contributed by atoms with Gasteiger partial charge in [0.05, 0.1) is 11.6 Å². The molecule has 1 amide bonds. The highest BCUT2D eigenvalue weighted by atomic mass is 16.2. The van der Waals surface area contributed by atoms with Crippen molar-refractivity contribution >= 4 is 5.91 Å². The first-order chi connectivity index (χ1) is 10.6. The van der Waals surface area contributed by atoms with Gasteiger partial charge in [0.2, 0.25) is 5.91 Å². The molecular formula is C18H25N3O. The second kappa shape index (κ2) is 7.95. The first kappa shape index (κ1) is 16.5. The lowest BCUT2D eigenvalue weighted by Crippen LogP contribution is -2.38. The molecule has 0 radical (unpaired) electrons. The summed E-state index contributed by atoms with van der Waals surface area (Å²) in [6, 6.07) is 9.92. The fraction of sp³-hybridized carbons (Fsp3) is 0.556. The quantitative estimate of drug-likeness (QED) is 0.858. The maximum absolute atomic E-state index is 12.3. The molecule has 22 heavy (non-hydrogen) atoms. The van der Waals surface area contributed by atoms with Gasteiger partial charge in [0, 0.05) is 38.6 Å². The summed E-state index contributed by atoms with van der Waals surface area (Å²) in [6.45, 7) is 8.59. The Labute approximate surface area is 133 Å². The van der Waals surface area contributed by atoms with Gasteiger partial charge in [-0.1, -0.05) is 26.0 Å². The average molecular weight is 299 g/mol. The van der Waals surface area contributed by atoms with Crippen LogP contribution in [0.5, 0.6) is 0 Å². The molecule has 1 saturated heterocycles. The van der Waals surface area contributed by atoms with Crippen molar-refractivity contribution in [2.45, 2.75) is 33.2 Å². The SMILES string of the molecule is CCC(C)C(=O)N1CCCN(Cc2ccc(C#N)cc2)CC1. The zero-order chi connectivity index (χ0) is 15.9. The molecule has 1 aromatic carbocycles. The van der Waals surface area contributed by atoms with Crippen LogP contribution in [0, 0.1) is 17.2 Å². The molecule has 1 unspecified atom stereocenters. The monoisotopic (exact) mass is 299 g/mol. The van der Waals surface area contributed by atoms with Gasteiger partial charge in [-0.3, -0.25) is 9.69 Å². The second-order valence-electron chi connectivity index (χ2n) is 6.07. The second-order valence-corrected chi connectivity index (χ2v) is 6.07. The molecule has 1 aliphatic rings. The number of nitriles is 1. The Morgan fingerprint density at radius 2 is 1.95 bits per heavy atom. The topological polar surface area (TPSA) is 47.3 Å². The molecule has 0 aromatic heterocycles. The number of benzene rings is 1. The lowest BCUT2D eigenvalue weighted by Gasteiger charge is -2.24. The van der Waals surface area contributed by atoms with E-state index in [1.165, 1.54) is 5.56 Å². The van der Waals surface area contributed by atoms with Gasteiger partial charge in [-0.05, 0) is 30.5 Å². The normalized spacial score (nSPS) is 17.6. The Bertz CT molecular complexity index is 532. The predicted octanol–water partition coefficient (Wildman–Crippen LogP) is 2.64. The van der Waals surface area contributed by atoms with E-state index in [1.807, 2.05) is 36.1 Å². The van der Waals surface area contributed by atoms with E-state index in [0.29, 0.717) is 11.5 Å². The highest BCUT2D eigenvalue weighted by Gasteiger charge is 2.22. The molecule has 1 aliphatic heterocycles. The molecule has 0 bridgehead atoms. The standard InChI is InChI=1S/C18H25N3O/c1-3-15(2)18(22)21-10-4-9-20(11-12-21)14-17-7-5-16(13-19)6-8-17/h5-8,15H,3-4,9-12,14H2,1-2H3. The summed E-state index contributed by atoms with van der Waals surface area (Å²) in [5, 5.41) is 8.84. The number of nitrogens with zero attached hydrogens (tertiary/aromatic N) is 3. The average Bonchev–Trinajstić information content (AvgIpc) is 2.79. The molecule has 118 valence electrons. The van der Waals surface area contributed by atoms with Crippen LogP contribution in [0.3, 0.4) is 0 Å². The van der Waals surface area contributed by atoms with Gasteiger partial charge in [0.25, 0.3) is 0 Å². The number of carbonyl (C=O) groups excluding carboxylic acids is 1. The molecule has 1 fully saturated rings. The minimum absolute atomic E-state index is 0.130. The van der Waals surface area contributed by atoms with E-state index in [0.717, 1.165) is 45.6 Å². The van der Waals surface area contributed by atoms with Gasteiger partial charge in [0.15, 0.2) is 0 Å². The van der Waals surface area contributed by atoms with Crippen LogP contribution >= 0.6 is 0 Å². The van der Waals surface area contributed by atoms with Crippen LogP contribution in [0.4, 0.5) is 0 Å². The van der Waals surface area contributed by atoms with Crippen LogP contribution in [0.2, 0.25) is 0 Å². The van der Waals surface area contributed by atoms with Gasteiger partial charge >= 0.3 is 0 Å². The molecule has 4 heteroatoms. The van der Waals surface area contributed by atoms with E-state index in [1.54, 1.807) is 0 Å². The predicted molar refractivity (Wildman–Crippen MR) is 87.1 cm³/mol. The van der Waals surface area contributed by atoms with E-state index in [9.17, 15) is 4.79 Å². The van der Waals surface area contributed by atoms with Crippen molar-refractivity contribution < 1.29 is 4.79 Å². The highest BCUT2D eigenvalue weighted by molar-refractivity contribution is 5.78. The van der Waals surface area contributed by atoms with Crippen molar-refractivity contribution in [3.63, 3.8) is 0 Å². The minimum atomic E-state index is 0.130. The number of amides is 1. The molecular weight excluding hydrogens is 274 g/mol. The molecule has 0 saturated carbocycles. The third kappa shape index (κ3) is 4.32. The largest absolute Gasteiger partial charge is 0.341 e. The highest BCUT2D eigenvalue weighted by Crippen LogP contribution is 2.13. The summed E-state index contributed by atoms with van der Waals surface area (Å²) in [7, 11) is 0. The molecule has 0 N–H and O–H groups in total. The van der Waals surface area contributed by atoms with Gasteiger partial charge < -0.3 is 4.90 Å². The van der Waals surface area contributed by atoms with Gasteiger partial charge in [-0.25, -0.2) is 0 Å². The molecule has 1 aromatic rings. The van der Waals surface area contributed by atoms with E-state index in [4.69, 9.17) is 5.26 Å². The van der Waals surface area contributed by atoms with E-state index in [2.05, 4.69) is 17.9 Å². The maximum Gasteiger partial charge on any atom is 0.225 e. The smallest absolute Gasteiger partial charge is 0.225 e. The van der Waals surface area contributed by atoms with E-state index in [-0.39, 0.29) is 5.92 Å². The summed E-state index contributed by atoms with van der Waals surface area (Å²) < 4.78 is 0.